The highest BCUT2D eigenvalue weighted by Gasteiger charge is 2.20. The second-order valence-corrected chi connectivity index (χ2v) is 5.28. The van der Waals surface area contributed by atoms with Crippen LogP contribution in [0, 0.1) is 0 Å². The molecule has 3 heterocycles. The predicted molar refractivity (Wildman–Crippen MR) is 68.2 cm³/mol. The molecule has 0 spiro atoms. The van der Waals surface area contributed by atoms with Gasteiger partial charge in [-0.05, 0) is 56.8 Å². The first-order valence-corrected chi connectivity index (χ1v) is 6.89. The minimum Gasteiger partial charge on any atom is -0.317 e. The number of rotatable bonds is 2. The van der Waals surface area contributed by atoms with E-state index in [0.29, 0.717) is 6.04 Å². The van der Waals surface area contributed by atoms with E-state index in [1.165, 1.54) is 37.8 Å². The zero-order valence-corrected chi connectivity index (χ0v) is 10.4. The molecule has 2 aliphatic rings. The fourth-order valence-corrected chi connectivity index (χ4v) is 2.98. The van der Waals surface area contributed by atoms with Gasteiger partial charge in [-0.1, -0.05) is 0 Å². The maximum atomic E-state index is 4.57. The van der Waals surface area contributed by atoms with Gasteiger partial charge >= 0.3 is 0 Å². The number of piperidine rings is 2. The van der Waals surface area contributed by atoms with Crippen LogP contribution in [-0.2, 0) is 0 Å². The van der Waals surface area contributed by atoms with E-state index in [1.807, 2.05) is 0 Å². The van der Waals surface area contributed by atoms with E-state index in [-0.39, 0.29) is 0 Å². The van der Waals surface area contributed by atoms with E-state index >= 15 is 0 Å². The summed E-state index contributed by atoms with van der Waals surface area (Å²) in [5.74, 6) is 0.724. The molecule has 0 bridgehead atoms. The van der Waals surface area contributed by atoms with Crippen molar-refractivity contribution >= 4 is 0 Å². The van der Waals surface area contributed by atoms with Gasteiger partial charge < -0.3 is 10.6 Å². The van der Waals surface area contributed by atoms with Crippen LogP contribution in [0.1, 0.15) is 43.2 Å². The van der Waals surface area contributed by atoms with Crippen molar-refractivity contribution < 1.29 is 0 Å². The van der Waals surface area contributed by atoms with Gasteiger partial charge in [0.1, 0.15) is 0 Å². The first kappa shape index (κ1) is 11.2. The lowest BCUT2D eigenvalue weighted by Gasteiger charge is -2.23. The van der Waals surface area contributed by atoms with Crippen LogP contribution >= 0.6 is 0 Å². The largest absolute Gasteiger partial charge is 0.317 e. The topological polar surface area (TPSA) is 41.9 Å². The molecule has 1 unspecified atom stereocenters. The molecule has 2 N–H and O–H groups in total. The summed E-state index contributed by atoms with van der Waals surface area (Å²) < 4.78 is 2.18. The van der Waals surface area contributed by atoms with Gasteiger partial charge in [0.15, 0.2) is 0 Å². The van der Waals surface area contributed by atoms with E-state index in [9.17, 15) is 0 Å². The molecule has 17 heavy (non-hydrogen) atoms. The Bertz CT molecular complexity index is 316. The van der Waals surface area contributed by atoms with Crippen molar-refractivity contribution in [3.63, 3.8) is 0 Å². The highest BCUT2D eigenvalue weighted by Crippen LogP contribution is 2.26. The van der Waals surface area contributed by atoms with Crippen LogP contribution < -0.4 is 10.6 Å². The summed E-state index contributed by atoms with van der Waals surface area (Å²) in [7, 11) is 0. The Morgan fingerprint density at radius 3 is 2.76 bits per heavy atom. The number of hydrogen-bond acceptors (Lipinski definition) is 3. The predicted octanol–water partition coefficient (Wildman–Crippen LogP) is 1.27. The van der Waals surface area contributed by atoms with Crippen molar-refractivity contribution in [2.45, 2.75) is 37.6 Å². The van der Waals surface area contributed by atoms with Crippen molar-refractivity contribution in [2.75, 3.05) is 26.2 Å². The molecule has 0 amide bonds. The van der Waals surface area contributed by atoms with Crippen LogP contribution in [0.5, 0.6) is 0 Å². The normalized spacial score (nSPS) is 27.2. The highest BCUT2D eigenvalue weighted by molar-refractivity contribution is 5.13. The smallest absolute Gasteiger partial charge is 0.0644 e. The van der Waals surface area contributed by atoms with E-state index in [4.69, 9.17) is 0 Å². The van der Waals surface area contributed by atoms with E-state index < -0.39 is 0 Å². The maximum Gasteiger partial charge on any atom is 0.0644 e. The van der Waals surface area contributed by atoms with Crippen LogP contribution in [0.15, 0.2) is 12.4 Å². The molecule has 2 saturated heterocycles. The standard InChI is InChI=1S/C13H22N4/c1-2-13(9-15-5-1)17-10-12(8-16-17)11-3-6-14-7-4-11/h8,10-11,13-15H,1-7,9H2. The number of nitrogens with zero attached hydrogens (tertiary/aromatic N) is 2. The summed E-state index contributed by atoms with van der Waals surface area (Å²) in [6, 6.07) is 0.569. The summed E-state index contributed by atoms with van der Waals surface area (Å²) in [4.78, 5) is 0. The van der Waals surface area contributed by atoms with Crippen molar-refractivity contribution in [1.82, 2.24) is 20.4 Å². The van der Waals surface area contributed by atoms with Crippen molar-refractivity contribution in [3.8, 4) is 0 Å². The molecule has 0 aromatic carbocycles. The van der Waals surface area contributed by atoms with E-state index in [2.05, 4.69) is 32.8 Å². The molecular formula is C13H22N4. The van der Waals surface area contributed by atoms with Crippen LogP contribution in [0.2, 0.25) is 0 Å². The molecule has 2 fully saturated rings. The van der Waals surface area contributed by atoms with Crippen molar-refractivity contribution in [2.24, 2.45) is 0 Å². The summed E-state index contributed by atoms with van der Waals surface area (Å²) in [5, 5.41) is 11.4. The van der Waals surface area contributed by atoms with Crippen molar-refractivity contribution in [3.05, 3.63) is 18.0 Å². The molecular weight excluding hydrogens is 212 g/mol. The maximum absolute atomic E-state index is 4.57. The van der Waals surface area contributed by atoms with Crippen molar-refractivity contribution in [1.29, 1.82) is 0 Å². The zero-order chi connectivity index (χ0) is 11.5. The second-order valence-electron chi connectivity index (χ2n) is 5.28. The molecule has 1 atom stereocenters. The van der Waals surface area contributed by atoms with Gasteiger partial charge in [0.2, 0.25) is 0 Å². The summed E-state index contributed by atoms with van der Waals surface area (Å²) in [6.07, 6.45) is 9.43. The third-order valence-corrected chi connectivity index (χ3v) is 4.08. The SMILES string of the molecule is c1nn(C2CCCNC2)cc1C1CCNCC1. The van der Waals surface area contributed by atoms with E-state index in [0.717, 1.165) is 25.6 Å². The molecule has 1 aromatic heterocycles. The molecule has 1 aromatic rings. The van der Waals surface area contributed by atoms with E-state index in [1.54, 1.807) is 0 Å². The number of aromatic nitrogens is 2. The van der Waals surface area contributed by atoms with Gasteiger partial charge in [0, 0.05) is 12.7 Å². The lowest BCUT2D eigenvalue weighted by molar-refractivity contribution is 0.346. The zero-order valence-electron chi connectivity index (χ0n) is 10.4. The lowest BCUT2D eigenvalue weighted by atomic mass is 9.93. The molecule has 2 aliphatic heterocycles. The van der Waals surface area contributed by atoms with Crippen LogP contribution in [0.4, 0.5) is 0 Å². The monoisotopic (exact) mass is 234 g/mol. The molecule has 0 aliphatic carbocycles. The molecule has 94 valence electrons. The Hall–Kier alpha value is -0.870. The average molecular weight is 234 g/mol. The number of nitrogens with one attached hydrogen (secondary N) is 2. The minimum atomic E-state index is 0.569. The summed E-state index contributed by atoms with van der Waals surface area (Å²) in [5.41, 5.74) is 1.44. The first-order chi connectivity index (χ1) is 8.43. The number of hydrogen-bond donors (Lipinski definition) is 2. The van der Waals surface area contributed by atoms with Gasteiger partial charge in [-0.3, -0.25) is 4.68 Å². The third-order valence-electron chi connectivity index (χ3n) is 4.08. The fraction of sp³-hybridized carbons (Fsp3) is 0.769. The lowest BCUT2D eigenvalue weighted by Crippen LogP contribution is -2.31. The molecule has 0 saturated carbocycles. The Kier molecular flexibility index (Phi) is 3.43. The van der Waals surface area contributed by atoms with Crippen LogP contribution in [0.3, 0.4) is 0 Å². The Labute approximate surface area is 103 Å². The third kappa shape index (κ3) is 2.53. The fourth-order valence-electron chi connectivity index (χ4n) is 2.98. The molecule has 4 nitrogen and oxygen atoms in total. The van der Waals surface area contributed by atoms with Gasteiger partial charge in [-0.25, -0.2) is 0 Å². The molecule has 4 heteroatoms. The second kappa shape index (κ2) is 5.19. The van der Waals surface area contributed by atoms with Crippen LogP contribution in [-0.4, -0.2) is 36.0 Å². The quantitative estimate of drug-likeness (QED) is 0.810. The Balaban J connectivity index is 1.68. The highest BCUT2D eigenvalue weighted by atomic mass is 15.3. The summed E-state index contributed by atoms with van der Waals surface area (Å²) in [6.45, 7) is 4.55. The van der Waals surface area contributed by atoms with Crippen LogP contribution in [0.25, 0.3) is 0 Å². The average Bonchev–Trinajstić information content (AvgIpc) is 2.90. The molecule has 3 rings (SSSR count). The van der Waals surface area contributed by atoms with Gasteiger partial charge in [0.05, 0.1) is 12.2 Å². The summed E-state index contributed by atoms with van der Waals surface area (Å²) >= 11 is 0. The first-order valence-electron chi connectivity index (χ1n) is 6.89. The minimum absolute atomic E-state index is 0.569. The Morgan fingerprint density at radius 2 is 2.00 bits per heavy atom. The van der Waals surface area contributed by atoms with Gasteiger partial charge in [-0.2, -0.15) is 5.10 Å². The van der Waals surface area contributed by atoms with Gasteiger partial charge in [0.25, 0.3) is 0 Å². The molecule has 0 radical (unpaired) electrons. The van der Waals surface area contributed by atoms with Gasteiger partial charge in [-0.15, -0.1) is 0 Å². The Morgan fingerprint density at radius 1 is 1.12 bits per heavy atom.